The molecule has 0 saturated carbocycles. The maximum atomic E-state index is 11.7. The Hall–Kier alpha value is -1.11. The summed E-state index contributed by atoms with van der Waals surface area (Å²) in [6.07, 6.45) is 3.45. The molecular formula is C11H19Cl2N5O. The smallest absolute Gasteiger partial charge is 0.239 e. The molecule has 1 aromatic heterocycles. The Morgan fingerprint density at radius 2 is 1.74 bits per heavy atom. The summed E-state index contributed by atoms with van der Waals surface area (Å²) < 4.78 is 0. The molecule has 2 N–H and O–H groups in total. The zero-order valence-corrected chi connectivity index (χ0v) is 12.4. The standard InChI is InChI=1S/C11H17N5O.2ClH/c1-9(12)10(17)15-5-7-16(8-6-15)11-13-3-2-4-14-11;;/h2-4,9H,5-8,12H2,1H3;2*1H/t9-;;/m0../s1. The molecule has 1 saturated heterocycles. The Morgan fingerprint density at radius 1 is 1.21 bits per heavy atom. The van der Waals surface area contributed by atoms with Gasteiger partial charge in [0.15, 0.2) is 0 Å². The van der Waals surface area contributed by atoms with Gasteiger partial charge >= 0.3 is 0 Å². The minimum Gasteiger partial charge on any atom is -0.338 e. The van der Waals surface area contributed by atoms with Gasteiger partial charge in [-0.2, -0.15) is 0 Å². The lowest BCUT2D eigenvalue weighted by Gasteiger charge is -2.35. The van der Waals surface area contributed by atoms with Crippen LogP contribution >= 0.6 is 24.8 Å². The Labute approximate surface area is 125 Å². The number of rotatable bonds is 2. The molecule has 1 amide bonds. The second-order valence-electron chi connectivity index (χ2n) is 4.15. The van der Waals surface area contributed by atoms with E-state index in [1.54, 1.807) is 30.3 Å². The fraction of sp³-hybridized carbons (Fsp3) is 0.545. The van der Waals surface area contributed by atoms with Gasteiger partial charge in [0.1, 0.15) is 0 Å². The maximum Gasteiger partial charge on any atom is 0.239 e. The van der Waals surface area contributed by atoms with Crippen molar-refractivity contribution in [3.8, 4) is 0 Å². The number of nitrogens with zero attached hydrogens (tertiary/aromatic N) is 4. The minimum atomic E-state index is -0.422. The van der Waals surface area contributed by atoms with Gasteiger partial charge in [0.05, 0.1) is 6.04 Å². The first-order chi connectivity index (χ1) is 8.18. The lowest BCUT2D eigenvalue weighted by Crippen LogP contribution is -2.52. The molecule has 1 aliphatic rings. The molecule has 2 heterocycles. The van der Waals surface area contributed by atoms with E-state index in [2.05, 4.69) is 14.9 Å². The Morgan fingerprint density at radius 3 is 2.21 bits per heavy atom. The highest BCUT2D eigenvalue weighted by molar-refractivity contribution is 5.85. The maximum absolute atomic E-state index is 11.7. The van der Waals surface area contributed by atoms with Gasteiger partial charge in [-0.3, -0.25) is 4.79 Å². The van der Waals surface area contributed by atoms with Crippen LogP contribution in [0.15, 0.2) is 18.5 Å². The summed E-state index contributed by atoms with van der Waals surface area (Å²) >= 11 is 0. The Kier molecular flexibility index (Phi) is 7.66. The van der Waals surface area contributed by atoms with E-state index < -0.39 is 6.04 Å². The van der Waals surface area contributed by atoms with Crippen molar-refractivity contribution in [2.24, 2.45) is 5.73 Å². The fourth-order valence-electron chi connectivity index (χ4n) is 1.87. The molecule has 0 spiro atoms. The van der Waals surface area contributed by atoms with Gasteiger partial charge in [-0.15, -0.1) is 24.8 Å². The second kappa shape index (κ2) is 8.14. The molecule has 0 aliphatic carbocycles. The monoisotopic (exact) mass is 307 g/mol. The van der Waals surface area contributed by atoms with Crippen LogP contribution in [0.1, 0.15) is 6.92 Å². The molecular weight excluding hydrogens is 289 g/mol. The summed E-state index contributed by atoms with van der Waals surface area (Å²) in [6.45, 7) is 4.58. The highest BCUT2D eigenvalue weighted by atomic mass is 35.5. The number of hydrogen-bond acceptors (Lipinski definition) is 5. The van der Waals surface area contributed by atoms with E-state index in [0.717, 1.165) is 19.0 Å². The van der Waals surface area contributed by atoms with E-state index >= 15 is 0 Å². The normalized spacial score (nSPS) is 16.1. The van der Waals surface area contributed by atoms with Crippen molar-refractivity contribution in [3.05, 3.63) is 18.5 Å². The predicted octanol–water partition coefficient (Wildman–Crippen LogP) is 0.316. The number of anilines is 1. The van der Waals surface area contributed by atoms with E-state index in [-0.39, 0.29) is 30.7 Å². The van der Waals surface area contributed by atoms with Gasteiger partial charge in [-0.05, 0) is 13.0 Å². The molecule has 2 rings (SSSR count). The van der Waals surface area contributed by atoms with Crippen LogP contribution in [0.25, 0.3) is 0 Å². The zero-order chi connectivity index (χ0) is 12.3. The van der Waals surface area contributed by atoms with Gasteiger partial charge in [0.25, 0.3) is 0 Å². The molecule has 0 unspecified atom stereocenters. The summed E-state index contributed by atoms with van der Waals surface area (Å²) in [5.74, 6) is 0.735. The van der Waals surface area contributed by atoms with Gasteiger partial charge in [0.2, 0.25) is 11.9 Å². The quantitative estimate of drug-likeness (QED) is 0.851. The zero-order valence-electron chi connectivity index (χ0n) is 10.7. The first kappa shape index (κ1) is 17.9. The average molecular weight is 308 g/mol. The number of piperazine rings is 1. The van der Waals surface area contributed by atoms with Crippen LogP contribution in [0.5, 0.6) is 0 Å². The van der Waals surface area contributed by atoms with E-state index in [9.17, 15) is 4.79 Å². The van der Waals surface area contributed by atoms with Gasteiger partial charge in [-0.25, -0.2) is 9.97 Å². The number of halogens is 2. The van der Waals surface area contributed by atoms with Crippen LogP contribution in [0.2, 0.25) is 0 Å². The summed E-state index contributed by atoms with van der Waals surface area (Å²) in [5, 5.41) is 0. The summed E-state index contributed by atoms with van der Waals surface area (Å²) in [6, 6.07) is 1.37. The number of aromatic nitrogens is 2. The van der Waals surface area contributed by atoms with Crippen molar-refractivity contribution in [2.45, 2.75) is 13.0 Å². The van der Waals surface area contributed by atoms with Crippen molar-refractivity contribution in [2.75, 3.05) is 31.1 Å². The van der Waals surface area contributed by atoms with Gasteiger partial charge < -0.3 is 15.5 Å². The lowest BCUT2D eigenvalue weighted by molar-refractivity contribution is -0.132. The summed E-state index contributed by atoms with van der Waals surface area (Å²) in [5.41, 5.74) is 5.58. The van der Waals surface area contributed by atoms with E-state index in [1.807, 2.05) is 0 Å². The molecule has 1 fully saturated rings. The van der Waals surface area contributed by atoms with Crippen LogP contribution in [0, 0.1) is 0 Å². The van der Waals surface area contributed by atoms with Crippen LogP contribution in [-0.2, 0) is 4.79 Å². The minimum absolute atomic E-state index is 0. The van der Waals surface area contributed by atoms with E-state index in [1.165, 1.54) is 0 Å². The molecule has 0 bridgehead atoms. The van der Waals surface area contributed by atoms with Crippen LogP contribution in [0.4, 0.5) is 5.95 Å². The topological polar surface area (TPSA) is 75.4 Å². The first-order valence-electron chi connectivity index (χ1n) is 5.75. The highest BCUT2D eigenvalue weighted by Crippen LogP contribution is 2.09. The number of amides is 1. The predicted molar refractivity (Wildman–Crippen MR) is 79.0 cm³/mol. The Balaban J connectivity index is 0.00000162. The number of carbonyl (C=O) groups is 1. The highest BCUT2D eigenvalue weighted by Gasteiger charge is 2.23. The second-order valence-corrected chi connectivity index (χ2v) is 4.15. The van der Waals surface area contributed by atoms with Crippen molar-refractivity contribution in [1.29, 1.82) is 0 Å². The Bertz CT molecular complexity index is 382. The molecule has 1 atom stereocenters. The third kappa shape index (κ3) is 4.49. The largest absolute Gasteiger partial charge is 0.338 e. The van der Waals surface area contributed by atoms with Crippen LogP contribution in [0.3, 0.4) is 0 Å². The fourth-order valence-corrected chi connectivity index (χ4v) is 1.87. The molecule has 19 heavy (non-hydrogen) atoms. The number of nitrogens with two attached hydrogens (primary N) is 1. The first-order valence-corrected chi connectivity index (χ1v) is 5.75. The van der Waals surface area contributed by atoms with Crippen LogP contribution < -0.4 is 10.6 Å². The van der Waals surface area contributed by atoms with E-state index in [4.69, 9.17) is 5.73 Å². The third-order valence-corrected chi connectivity index (χ3v) is 2.82. The van der Waals surface area contributed by atoms with Crippen molar-refractivity contribution >= 4 is 36.7 Å². The third-order valence-electron chi connectivity index (χ3n) is 2.82. The molecule has 0 radical (unpaired) electrons. The molecule has 8 heteroatoms. The van der Waals surface area contributed by atoms with Crippen LogP contribution in [-0.4, -0.2) is 53.0 Å². The molecule has 0 aromatic carbocycles. The number of carbonyl (C=O) groups excluding carboxylic acids is 1. The summed E-state index contributed by atoms with van der Waals surface area (Å²) in [7, 11) is 0. The van der Waals surface area contributed by atoms with Crippen molar-refractivity contribution in [1.82, 2.24) is 14.9 Å². The number of hydrogen-bond donors (Lipinski definition) is 1. The average Bonchev–Trinajstić information content (AvgIpc) is 2.39. The van der Waals surface area contributed by atoms with Gasteiger partial charge in [0, 0.05) is 38.6 Å². The van der Waals surface area contributed by atoms with Crippen molar-refractivity contribution < 1.29 is 4.79 Å². The SMILES string of the molecule is C[C@H](N)C(=O)N1CCN(c2ncccn2)CC1.Cl.Cl. The van der Waals surface area contributed by atoms with Crippen molar-refractivity contribution in [3.63, 3.8) is 0 Å². The molecule has 1 aliphatic heterocycles. The van der Waals surface area contributed by atoms with Gasteiger partial charge in [-0.1, -0.05) is 0 Å². The molecule has 1 aromatic rings. The lowest BCUT2D eigenvalue weighted by atomic mass is 10.2. The van der Waals surface area contributed by atoms with E-state index in [0.29, 0.717) is 13.1 Å². The summed E-state index contributed by atoms with van der Waals surface area (Å²) in [4.78, 5) is 24.0. The molecule has 6 nitrogen and oxygen atoms in total. The molecule has 108 valence electrons.